The molecule has 2 heterocycles. The number of aryl methyl sites for hydroxylation is 1. The molecule has 1 aliphatic heterocycles. The zero-order valence-electron chi connectivity index (χ0n) is 12.7. The van der Waals surface area contributed by atoms with Crippen LogP contribution in [0.25, 0.3) is 0 Å². The van der Waals surface area contributed by atoms with Gasteiger partial charge in [0.05, 0.1) is 17.2 Å². The number of halogens is 1. The molecule has 1 saturated heterocycles. The van der Waals surface area contributed by atoms with Crippen LogP contribution < -0.4 is 5.32 Å². The lowest BCUT2D eigenvalue weighted by Gasteiger charge is -2.37. The van der Waals surface area contributed by atoms with E-state index < -0.39 is 0 Å². The number of rotatable bonds is 3. The average molecular weight is 345 g/mol. The van der Waals surface area contributed by atoms with Crippen LogP contribution in [0, 0.1) is 24.2 Å². The number of amides is 2. The van der Waals surface area contributed by atoms with E-state index in [1.165, 1.54) is 11.0 Å². The van der Waals surface area contributed by atoms with Crippen molar-refractivity contribution >= 4 is 29.1 Å². The predicted molar refractivity (Wildman–Crippen MR) is 85.4 cm³/mol. The molecule has 24 heavy (non-hydrogen) atoms. The van der Waals surface area contributed by atoms with Crippen molar-refractivity contribution < 1.29 is 14.1 Å². The third kappa shape index (κ3) is 3.09. The summed E-state index contributed by atoms with van der Waals surface area (Å²) in [5.74, 6) is -0.309. The van der Waals surface area contributed by atoms with E-state index in [1.807, 2.05) is 6.07 Å². The second-order valence-corrected chi connectivity index (χ2v) is 5.96. The average Bonchev–Trinajstić information content (AvgIpc) is 2.92. The van der Waals surface area contributed by atoms with E-state index >= 15 is 0 Å². The van der Waals surface area contributed by atoms with Crippen molar-refractivity contribution in [1.82, 2.24) is 10.1 Å². The van der Waals surface area contributed by atoms with Crippen LogP contribution in [0.3, 0.4) is 0 Å². The molecule has 0 unspecified atom stereocenters. The van der Waals surface area contributed by atoms with Gasteiger partial charge >= 0.3 is 0 Å². The summed E-state index contributed by atoms with van der Waals surface area (Å²) in [4.78, 5) is 25.9. The van der Waals surface area contributed by atoms with Gasteiger partial charge in [0, 0.05) is 24.2 Å². The quantitative estimate of drug-likeness (QED) is 0.920. The standard InChI is InChI=1S/C16H13ClN4O3/c1-9-4-14(20-24-9)16(23)21-7-11(8-21)15(22)19-13-5-12(17)3-2-10(13)6-18/h2-5,11H,7-8H2,1H3,(H,19,22). The van der Waals surface area contributed by atoms with Gasteiger partial charge in [0.15, 0.2) is 5.69 Å². The number of benzene rings is 1. The normalized spacial score (nSPS) is 14.0. The van der Waals surface area contributed by atoms with Crippen LogP contribution in [0.5, 0.6) is 0 Å². The number of nitrogens with one attached hydrogen (secondary N) is 1. The Labute approximate surface area is 142 Å². The van der Waals surface area contributed by atoms with Gasteiger partial charge in [-0.2, -0.15) is 5.26 Å². The molecular weight excluding hydrogens is 332 g/mol. The minimum atomic E-state index is -0.340. The highest BCUT2D eigenvalue weighted by molar-refractivity contribution is 6.31. The summed E-state index contributed by atoms with van der Waals surface area (Å²) in [5.41, 5.74) is 0.929. The van der Waals surface area contributed by atoms with Gasteiger partial charge in [0.2, 0.25) is 5.91 Å². The molecule has 0 radical (unpaired) electrons. The minimum absolute atomic E-state index is 0.230. The Morgan fingerprint density at radius 3 is 2.79 bits per heavy atom. The Bertz CT molecular complexity index is 849. The van der Waals surface area contributed by atoms with Crippen LogP contribution in [0.4, 0.5) is 5.69 Å². The summed E-state index contributed by atoms with van der Waals surface area (Å²) in [7, 11) is 0. The summed E-state index contributed by atoms with van der Waals surface area (Å²) in [5, 5.41) is 15.8. The maximum absolute atomic E-state index is 12.2. The first-order valence-corrected chi connectivity index (χ1v) is 7.59. The van der Waals surface area contributed by atoms with Gasteiger partial charge in [0.25, 0.3) is 5.91 Å². The van der Waals surface area contributed by atoms with Crippen molar-refractivity contribution in [2.24, 2.45) is 5.92 Å². The lowest BCUT2D eigenvalue weighted by Crippen LogP contribution is -2.54. The zero-order valence-corrected chi connectivity index (χ0v) is 13.5. The van der Waals surface area contributed by atoms with Crippen LogP contribution >= 0.6 is 11.6 Å². The highest BCUT2D eigenvalue weighted by atomic mass is 35.5. The van der Waals surface area contributed by atoms with Crippen LogP contribution in [-0.2, 0) is 4.79 Å². The smallest absolute Gasteiger partial charge is 0.276 e. The molecule has 3 rings (SSSR count). The fourth-order valence-corrected chi connectivity index (χ4v) is 2.56. The molecule has 2 amide bonds. The third-order valence-electron chi connectivity index (χ3n) is 3.75. The van der Waals surface area contributed by atoms with E-state index in [9.17, 15) is 9.59 Å². The maximum Gasteiger partial charge on any atom is 0.276 e. The van der Waals surface area contributed by atoms with Crippen LogP contribution in [0.15, 0.2) is 28.8 Å². The van der Waals surface area contributed by atoms with Crippen molar-refractivity contribution in [3.8, 4) is 6.07 Å². The second kappa shape index (κ2) is 6.34. The molecule has 0 bridgehead atoms. The Kier molecular flexibility index (Phi) is 4.23. The minimum Gasteiger partial charge on any atom is -0.361 e. The molecule has 1 aliphatic rings. The first-order chi connectivity index (χ1) is 11.5. The van der Waals surface area contributed by atoms with E-state index in [4.69, 9.17) is 21.4 Å². The highest BCUT2D eigenvalue weighted by Crippen LogP contribution is 2.24. The molecule has 0 atom stereocenters. The van der Waals surface area contributed by atoms with Gasteiger partial charge in [-0.1, -0.05) is 16.8 Å². The van der Waals surface area contributed by atoms with E-state index in [0.717, 1.165) is 0 Å². The van der Waals surface area contributed by atoms with Gasteiger partial charge in [-0.25, -0.2) is 0 Å². The fourth-order valence-electron chi connectivity index (χ4n) is 2.39. The number of likely N-dealkylation sites (tertiary alicyclic amines) is 1. The van der Waals surface area contributed by atoms with Gasteiger partial charge in [-0.15, -0.1) is 0 Å². The van der Waals surface area contributed by atoms with Gasteiger partial charge in [-0.05, 0) is 25.1 Å². The van der Waals surface area contributed by atoms with Crippen molar-refractivity contribution in [3.63, 3.8) is 0 Å². The lowest BCUT2D eigenvalue weighted by molar-refractivity contribution is -0.123. The predicted octanol–water partition coefficient (Wildman–Crippen LogP) is 2.22. The van der Waals surface area contributed by atoms with Crippen LogP contribution in [-0.4, -0.2) is 35.0 Å². The zero-order chi connectivity index (χ0) is 17.3. The topological polar surface area (TPSA) is 99.2 Å². The number of hydrogen-bond acceptors (Lipinski definition) is 5. The van der Waals surface area contributed by atoms with E-state index in [1.54, 1.807) is 25.1 Å². The molecule has 1 aromatic heterocycles. The Morgan fingerprint density at radius 1 is 1.42 bits per heavy atom. The monoisotopic (exact) mass is 344 g/mol. The number of carbonyl (C=O) groups excluding carboxylic acids is 2. The number of carbonyl (C=O) groups is 2. The number of hydrogen-bond donors (Lipinski definition) is 1. The highest BCUT2D eigenvalue weighted by Gasteiger charge is 2.37. The van der Waals surface area contributed by atoms with Crippen LogP contribution in [0.2, 0.25) is 5.02 Å². The number of nitrogens with zero attached hydrogens (tertiary/aromatic N) is 3. The van der Waals surface area contributed by atoms with E-state index in [-0.39, 0.29) is 23.4 Å². The second-order valence-electron chi connectivity index (χ2n) is 5.52. The molecule has 0 saturated carbocycles. The molecular formula is C16H13ClN4O3. The molecule has 0 spiro atoms. The molecule has 1 fully saturated rings. The molecule has 122 valence electrons. The van der Waals surface area contributed by atoms with Crippen molar-refractivity contribution in [1.29, 1.82) is 5.26 Å². The largest absolute Gasteiger partial charge is 0.361 e. The Balaban J connectivity index is 1.60. The summed E-state index contributed by atoms with van der Waals surface area (Å²) >= 11 is 5.89. The van der Waals surface area contributed by atoms with Crippen molar-refractivity contribution in [3.05, 3.63) is 46.3 Å². The molecule has 0 aliphatic carbocycles. The Morgan fingerprint density at radius 2 is 2.17 bits per heavy atom. The summed E-state index contributed by atoms with van der Waals surface area (Å²) in [6.45, 7) is 2.28. The molecule has 8 heteroatoms. The third-order valence-corrected chi connectivity index (χ3v) is 3.98. The van der Waals surface area contributed by atoms with Gasteiger partial charge in [-0.3, -0.25) is 9.59 Å². The Hall–Kier alpha value is -2.85. The van der Waals surface area contributed by atoms with E-state index in [2.05, 4.69) is 10.5 Å². The molecule has 1 N–H and O–H groups in total. The van der Waals surface area contributed by atoms with Crippen LogP contribution in [0.1, 0.15) is 21.8 Å². The number of aromatic nitrogens is 1. The van der Waals surface area contributed by atoms with Crippen molar-refractivity contribution in [2.45, 2.75) is 6.92 Å². The molecule has 2 aromatic rings. The van der Waals surface area contributed by atoms with Crippen molar-refractivity contribution in [2.75, 3.05) is 18.4 Å². The van der Waals surface area contributed by atoms with Gasteiger partial charge < -0.3 is 14.7 Å². The first-order valence-electron chi connectivity index (χ1n) is 7.21. The summed E-state index contributed by atoms with van der Waals surface area (Å²) in [6, 6.07) is 8.21. The fraction of sp³-hybridized carbons (Fsp3) is 0.250. The summed E-state index contributed by atoms with van der Waals surface area (Å²) < 4.78 is 4.87. The molecule has 7 nitrogen and oxygen atoms in total. The number of nitriles is 1. The lowest BCUT2D eigenvalue weighted by atomic mass is 9.98. The molecule has 1 aromatic carbocycles. The summed E-state index contributed by atoms with van der Waals surface area (Å²) in [6.07, 6.45) is 0. The maximum atomic E-state index is 12.2. The van der Waals surface area contributed by atoms with E-state index in [0.29, 0.717) is 35.1 Å². The van der Waals surface area contributed by atoms with Gasteiger partial charge in [0.1, 0.15) is 11.8 Å². The first kappa shape index (κ1) is 16.0. The number of anilines is 1. The SMILES string of the molecule is Cc1cc(C(=O)N2CC(C(=O)Nc3cc(Cl)ccc3C#N)C2)no1.